The molecule has 0 unspecified atom stereocenters. The van der Waals surface area contributed by atoms with Crippen LogP contribution in [-0.4, -0.2) is 60.7 Å². The van der Waals surface area contributed by atoms with Crippen molar-refractivity contribution in [3.05, 3.63) is 34.7 Å². The van der Waals surface area contributed by atoms with E-state index in [0.717, 1.165) is 41.4 Å². The van der Waals surface area contributed by atoms with Gasteiger partial charge in [-0.05, 0) is 18.9 Å². The van der Waals surface area contributed by atoms with E-state index in [0.29, 0.717) is 24.6 Å². The monoisotopic (exact) mass is 419 g/mol. The van der Waals surface area contributed by atoms with Crippen molar-refractivity contribution in [2.24, 2.45) is 4.99 Å². The molecule has 0 atom stereocenters. The molecule has 10 heteroatoms. The van der Waals surface area contributed by atoms with E-state index in [1.807, 2.05) is 11.8 Å². The normalized spacial score (nSPS) is 20.0. The third-order valence-corrected chi connectivity index (χ3v) is 4.42. The molecule has 0 radical (unpaired) electrons. The number of aliphatic imine (C=N–C) groups is 1. The van der Waals surface area contributed by atoms with Gasteiger partial charge in [0.05, 0.1) is 30.1 Å². The maximum atomic E-state index is 11.7. The average Bonchev–Trinajstić information content (AvgIpc) is 2.81. The van der Waals surface area contributed by atoms with Crippen molar-refractivity contribution in [2.75, 3.05) is 26.0 Å². The lowest BCUT2D eigenvalue weighted by Crippen LogP contribution is -2.44. The summed E-state index contributed by atoms with van der Waals surface area (Å²) in [5.41, 5.74) is 2.83. The Labute approximate surface area is 152 Å². The Morgan fingerprint density at radius 3 is 2.75 bits per heavy atom. The summed E-state index contributed by atoms with van der Waals surface area (Å²) in [6.45, 7) is 5.74. The Balaban J connectivity index is 0.00000208. The van der Waals surface area contributed by atoms with Gasteiger partial charge in [-0.3, -0.25) is 9.93 Å². The molecule has 0 aromatic heterocycles. The van der Waals surface area contributed by atoms with Gasteiger partial charge in [-0.2, -0.15) is 0 Å². The average molecular weight is 420 g/mol. The molecule has 0 saturated carbocycles. The third-order valence-electron chi connectivity index (χ3n) is 3.84. The number of rotatable bonds is 4. The molecule has 3 aliphatic rings. The molecule has 3 aliphatic heterocycles. The van der Waals surface area contributed by atoms with Crippen LogP contribution in [0.15, 0.2) is 39.7 Å². The van der Waals surface area contributed by atoms with Crippen LogP contribution in [-0.2, 0) is 10.0 Å². The summed E-state index contributed by atoms with van der Waals surface area (Å²) < 4.78 is 26.0. The first-order valence-corrected chi connectivity index (χ1v) is 9.35. The lowest BCUT2D eigenvalue weighted by atomic mass is 10.1. The predicted octanol–water partition coefficient (Wildman–Crippen LogP) is 1.17. The van der Waals surface area contributed by atoms with Crippen molar-refractivity contribution in [3.8, 4) is 0 Å². The summed E-state index contributed by atoms with van der Waals surface area (Å²) in [6, 6.07) is 0. The molecule has 8 nitrogen and oxygen atoms in total. The molecule has 0 aromatic rings. The largest absolute Gasteiger partial charge is 0.352 e. The molecule has 134 valence electrons. The highest BCUT2D eigenvalue weighted by Gasteiger charge is 2.36. The first kappa shape index (κ1) is 18.8. The van der Waals surface area contributed by atoms with E-state index in [9.17, 15) is 13.6 Å². The molecule has 0 amide bonds. The Morgan fingerprint density at radius 2 is 2.12 bits per heavy atom. The quantitative estimate of drug-likeness (QED) is 0.710. The highest BCUT2D eigenvalue weighted by molar-refractivity contribution is 8.93. The summed E-state index contributed by atoms with van der Waals surface area (Å²) in [7, 11) is -3.40. The Bertz CT molecular complexity index is 756. The van der Waals surface area contributed by atoms with E-state index in [1.165, 1.54) is 0 Å². The van der Waals surface area contributed by atoms with Gasteiger partial charge in [0, 0.05) is 13.1 Å². The number of halogens is 1. The number of hydrogen-bond acceptors (Lipinski definition) is 7. The van der Waals surface area contributed by atoms with E-state index < -0.39 is 10.0 Å². The Morgan fingerprint density at radius 1 is 1.42 bits per heavy atom. The van der Waals surface area contributed by atoms with E-state index in [1.54, 1.807) is 12.4 Å². The zero-order valence-corrected chi connectivity index (χ0v) is 16.4. The van der Waals surface area contributed by atoms with Crippen LogP contribution in [0.25, 0.3) is 0 Å². The maximum absolute atomic E-state index is 11.7. The highest BCUT2D eigenvalue weighted by atomic mass is 79.9. The SMILES string of the molecule is Br.CCCN1CC(C)=C(NS(C)(=O)=O)C2=C1N1CN(O)C=C1C=N2. The number of fused-ring (bicyclic) bond motifs is 2. The van der Waals surface area contributed by atoms with Gasteiger partial charge >= 0.3 is 0 Å². The van der Waals surface area contributed by atoms with Gasteiger partial charge in [-0.15, -0.1) is 17.0 Å². The molecule has 0 bridgehead atoms. The standard InChI is InChI=1S/C14H21N5O3S.BrH/c1-4-5-17-7-10(2)12(16-23(3,21)22)13-14(17)19-9-18(20)8-11(19)6-15-13;/h6,8,16,20H,4-5,7,9H2,1-3H3;1H. The number of allylic oxidation sites excluding steroid dienone is 1. The van der Waals surface area contributed by atoms with E-state index >= 15 is 0 Å². The lowest BCUT2D eigenvalue weighted by molar-refractivity contribution is -0.0539. The molecule has 2 N–H and O–H groups in total. The van der Waals surface area contributed by atoms with Crippen LogP contribution in [0.5, 0.6) is 0 Å². The number of nitrogens with one attached hydrogen (secondary N) is 1. The van der Waals surface area contributed by atoms with Crippen molar-refractivity contribution in [1.82, 2.24) is 19.6 Å². The van der Waals surface area contributed by atoms with Crippen molar-refractivity contribution < 1.29 is 13.6 Å². The second-order valence-corrected chi connectivity index (χ2v) is 7.69. The summed E-state index contributed by atoms with van der Waals surface area (Å²) in [4.78, 5) is 8.56. The minimum Gasteiger partial charge on any atom is -0.352 e. The van der Waals surface area contributed by atoms with Gasteiger partial charge in [0.25, 0.3) is 0 Å². The van der Waals surface area contributed by atoms with Crippen LogP contribution >= 0.6 is 17.0 Å². The summed E-state index contributed by atoms with van der Waals surface area (Å²) in [5.74, 6) is 0.828. The highest BCUT2D eigenvalue weighted by Crippen LogP contribution is 2.35. The number of hydrogen-bond donors (Lipinski definition) is 2. The molecule has 0 saturated heterocycles. The maximum Gasteiger partial charge on any atom is 0.229 e. The first-order chi connectivity index (χ1) is 10.8. The van der Waals surface area contributed by atoms with Crippen molar-refractivity contribution in [1.29, 1.82) is 0 Å². The number of hydroxylamine groups is 2. The second-order valence-electron chi connectivity index (χ2n) is 5.94. The van der Waals surface area contributed by atoms with Crippen LogP contribution in [0.3, 0.4) is 0 Å². The fourth-order valence-corrected chi connectivity index (χ4v) is 3.65. The summed E-state index contributed by atoms with van der Waals surface area (Å²) in [5, 5.41) is 10.9. The molecule has 0 aliphatic carbocycles. The molecule has 3 heterocycles. The minimum atomic E-state index is -3.40. The lowest BCUT2D eigenvalue weighted by Gasteiger charge is -2.40. The van der Waals surface area contributed by atoms with Gasteiger partial charge in [-0.1, -0.05) is 6.92 Å². The van der Waals surface area contributed by atoms with Crippen LogP contribution in [0.2, 0.25) is 0 Å². The molecule has 0 spiro atoms. The summed E-state index contributed by atoms with van der Waals surface area (Å²) >= 11 is 0. The zero-order chi connectivity index (χ0) is 16.8. The fraction of sp³-hybridized carbons (Fsp3) is 0.500. The minimum absolute atomic E-state index is 0. The van der Waals surface area contributed by atoms with E-state index in [2.05, 4.69) is 21.5 Å². The predicted molar refractivity (Wildman–Crippen MR) is 96.8 cm³/mol. The van der Waals surface area contributed by atoms with Gasteiger partial charge in [0.15, 0.2) is 0 Å². The molecule has 24 heavy (non-hydrogen) atoms. The van der Waals surface area contributed by atoms with Crippen molar-refractivity contribution >= 4 is 33.2 Å². The summed E-state index contributed by atoms with van der Waals surface area (Å²) in [6.07, 6.45) is 5.33. The van der Waals surface area contributed by atoms with Crippen LogP contribution in [0.4, 0.5) is 0 Å². The third kappa shape index (κ3) is 3.45. The van der Waals surface area contributed by atoms with Crippen molar-refractivity contribution in [2.45, 2.75) is 20.3 Å². The molecule has 0 aromatic carbocycles. The Hall–Kier alpha value is -1.52. The van der Waals surface area contributed by atoms with E-state index in [4.69, 9.17) is 0 Å². The second kappa shape index (κ2) is 6.77. The van der Waals surface area contributed by atoms with Gasteiger partial charge in [-0.25, -0.2) is 18.5 Å². The number of sulfonamides is 1. The first-order valence-electron chi connectivity index (χ1n) is 7.46. The van der Waals surface area contributed by atoms with Gasteiger partial charge in [0.1, 0.15) is 18.2 Å². The zero-order valence-electron chi connectivity index (χ0n) is 13.9. The molecular formula is C14H22BrN5O3S. The van der Waals surface area contributed by atoms with Gasteiger partial charge in [0.2, 0.25) is 10.0 Å². The van der Waals surface area contributed by atoms with Gasteiger partial charge < -0.3 is 9.80 Å². The number of nitrogens with zero attached hydrogens (tertiary/aromatic N) is 4. The molecular weight excluding hydrogens is 398 g/mol. The van der Waals surface area contributed by atoms with E-state index in [-0.39, 0.29) is 17.0 Å². The fourth-order valence-electron chi connectivity index (χ4n) is 3.01. The van der Waals surface area contributed by atoms with Crippen LogP contribution < -0.4 is 4.72 Å². The molecule has 3 rings (SSSR count). The smallest absolute Gasteiger partial charge is 0.229 e. The van der Waals surface area contributed by atoms with Crippen LogP contribution in [0.1, 0.15) is 20.3 Å². The van der Waals surface area contributed by atoms with Crippen molar-refractivity contribution in [3.63, 3.8) is 0 Å². The topological polar surface area (TPSA) is 88.5 Å². The van der Waals surface area contributed by atoms with Crippen LogP contribution in [0, 0.1) is 0 Å². The molecule has 0 fully saturated rings. The Kier molecular flexibility index (Phi) is 5.31.